The van der Waals surface area contributed by atoms with Crippen molar-refractivity contribution in [3.05, 3.63) is 65.5 Å². The Labute approximate surface area is 176 Å². The number of nitrogens with zero attached hydrogens (tertiary/aromatic N) is 3. The van der Waals surface area contributed by atoms with E-state index in [2.05, 4.69) is 17.2 Å². The van der Waals surface area contributed by atoms with Crippen LogP contribution in [-0.4, -0.2) is 57.7 Å². The zero-order valence-corrected chi connectivity index (χ0v) is 17.1. The molecule has 2 atom stereocenters. The van der Waals surface area contributed by atoms with Crippen LogP contribution in [0.2, 0.25) is 0 Å². The van der Waals surface area contributed by atoms with Gasteiger partial charge in [-0.1, -0.05) is 37.3 Å². The number of fused-ring (bicyclic) bond motifs is 1. The molecule has 7 heteroatoms. The summed E-state index contributed by atoms with van der Waals surface area (Å²) in [4.78, 5) is 46.3. The van der Waals surface area contributed by atoms with Gasteiger partial charge >= 0.3 is 6.03 Å². The Hall–Kier alpha value is -3.06. The second-order valence-electron chi connectivity index (χ2n) is 7.77. The fourth-order valence-electron chi connectivity index (χ4n) is 4.17. The number of rotatable bonds is 6. The van der Waals surface area contributed by atoms with Gasteiger partial charge in [0.2, 0.25) is 5.91 Å². The number of aromatic nitrogens is 1. The number of nitrogens with one attached hydrogen (secondary N) is 1. The van der Waals surface area contributed by atoms with E-state index in [4.69, 9.17) is 0 Å². The van der Waals surface area contributed by atoms with Crippen molar-refractivity contribution in [2.24, 2.45) is 0 Å². The number of urea groups is 1. The molecule has 4 rings (SSSR count). The monoisotopic (exact) mass is 406 g/mol. The number of imide groups is 1. The molecular formula is C23H26N4O3. The normalized spacial score (nSPS) is 21.5. The molecule has 156 valence electrons. The summed E-state index contributed by atoms with van der Waals surface area (Å²) in [5.41, 5.74) is 2.37. The fourth-order valence-corrected chi connectivity index (χ4v) is 4.17. The number of benzene rings is 1. The van der Waals surface area contributed by atoms with Crippen molar-refractivity contribution >= 4 is 17.7 Å². The maximum atomic E-state index is 13.3. The lowest BCUT2D eigenvalue weighted by Gasteiger charge is -2.46. The quantitative estimate of drug-likeness (QED) is 0.745. The van der Waals surface area contributed by atoms with Crippen LogP contribution < -0.4 is 5.32 Å². The van der Waals surface area contributed by atoms with E-state index in [1.807, 2.05) is 30.3 Å². The summed E-state index contributed by atoms with van der Waals surface area (Å²) < 4.78 is 0. The highest BCUT2D eigenvalue weighted by Gasteiger charge is 2.47. The largest absolute Gasteiger partial charge is 0.327 e. The number of aryl methyl sites for hydroxylation is 1. The molecule has 1 aromatic heterocycles. The Balaban J connectivity index is 1.58. The highest BCUT2D eigenvalue weighted by Crippen LogP contribution is 2.26. The third kappa shape index (κ3) is 3.98. The van der Waals surface area contributed by atoms with Crippen LogP contribution in [0.15, 0.2) is 48.7 Å². The van der Waals surface area contributed by atoms with Crippen LogP contribution >= 0.6 is 0 Å². The van der Waals surface area contributed by atoms with E-state index in [1.165, 1.54) is 4.90 Å². The van der Waals surface area contributed by atoms with Gasteiger partial charge in [-0.25, -0.2) is 4.79 Å². The summed E-state index contributed by atoms with van der Waals surface area (Å²) >= 11 is 0. The van der Waals surface area contributed by atoms with Gasteiger partial charge in [0.1, 0.15) is 6.04 Å². The van der Waals surface area contributed by atoms with Crippen LogP contribution in [0.1, 0.15) is 41.4 Å². The van der Waals surface area contributed by atoms with E-state index in [1.54, 1.807) is 23.2 Å². The lowest BCUT2D eigenvalue weighted by Crippen LogP contribution is -2.69. The second-order valence-corrected chi connectivity index (χ2v) is 7.77. The third-order valence-corrected chi connectivity index (χ3v) is 5.88. The van der Waals surface area contributed by atoms with Crippen LogP contribution in [0.4, 0.5) is 4.79 Å². The number of piperidine rings is 1. The Bertz CT molecular complexity index is 929. The van der Waals surface area contributed by atoms with Crippen molar-refractivity contribution in [2.45, 2.75) is 44.8 Å². The molecule has 2 unspecified atom stereocenters. The van der Waals surface area contributed by atoms with Crippen LogP contribution in [0, 0.1) is 0 Å². The molecule has 2 aliphatic rings. The summed E-state index contributed by atoms with van der Waals surface area (Å²) in [5, 5.41) is 3.25. The van der Waals surface area contributed by atoms with E-state index in [9.17, 15) is 14.4 Å². The molecule has 7 nitrogen and oxygen atoms in total. The number of pyridine rings is 1. The maximum Gasteiger partial charge on any atom is 0.327 e. The number of hydrogen-bond donors (Lipinski definition) is 1. The molecule has 3 amide bonds. The van der Waals surface area contributed by atoms with Crippen LogP contribution in [0.5, 0.6) is 0 Å². The smallest absolute Gasteiger partial charge is 0.311 e. The Morgan fingerprint density at radius 3 is 2.67 bits per heavy atom. The maximum absolute atomic E-state index is 13.3. The highest BCUT2D eigenvalue weighted by atomic mass is 16.2. The minimum Gasteiger partial charge on any atom is -0.311 e. The molecule has 0 bridgehead atoms. The Morgan fingerprint density at radius 1 is 1.17 bits per heavy atom. The lowest BCUT2D eigenvalue weighted by molar-refractivity contribution is -0.137. The average molecular weight is 406 g/mol. The summed E-state index contributed by atoms with van der Waals surface area (Å²) in [6.45, 7) is 2.84. The van der Waals surface area contributed by atoms with Gasteiger partial charge in [0.25, 0.3) is 0 Å². The van der Waals surface area contributed by atoms with E-state index >= 15 is 0 Å². The van der Waals surface area contributed by atoms with Gasteiger partial charge in [-0.15, -0.1) is 0 Å². The van der Waals surface area contributed by atoms with E-state index < -0.39 is 12.1 Å². The summed E-state index contributed by atoms with van der Waals surface area (Å²) in [6.07, 6.45) is 4.10. The number of hydrogen-bond acceptors (Lipinski definition) is 5. The second kappa shape index (κ2) is 8.75. The fraction of sp³-hybridized carbons (Fsp3) is 0.391. The summed E-state index contributed by atoms with van der Waals surface area (Å²) in [5.74, 6) is -0.367. The minimum absolute atomic E-state index is 0.0425. The molecule has 0 radical (unpaired) electrons. The standard InChI is InChI=1S/C23H26N4O3/c1-2-16-8-10-17(11-9-16)20(28)15-26-19-7-5-13-25-21(19)22(29)27(23(26)30)14-18-6-3-4-12-24-18/h3-4,6,8-12,19,21,25H,2,5,7,13-15H2,1H3. The van der Waals surface area contributed by atoms with Gasteiger partial charge < -0.3 is 10.2 Å². The highest BCUT2D eigenvalue weighted by molar-refractivity contribution is 6.04. The van der Waals surface area contributed by atoms with Crippen molar-refractivity contribution in [1.82, 2.24) is 20.1 Å². The van der Waals surface area contributed by atoms with Crippen LogP contribution in [0.25, 0.3) is 0 Å². The van der Waals surface area contributed by atoms with Crippen LogP contribution in [-0.2, 0) is 17.8 Å². The van der Waals surface area contributed by atoms with Crippen molar-refractivity contribution in [2.75, 3.05) is 13.1 Å². The molecule has 2 aliphatic heterocycles. The first-order chi connectivity index (χ1) is 14.6. The number of carbonyl (C=O) groups is 3. The topological polar surface area (TPSA) is 82.6 Å². The molecule has 2 aromatic rings. The van der Waals surface area contributed by atoms with Crippen molar-refractivity contribution in [1.29, 1.82) is 0 Å². The third-order valence-electron chi connectivity index (χ3n) is 5.88. The van der Waals surface area contributed by atoms with Crippen molar-refractivity contribution < 1.29 is 14.4 Å². The van der Waals surface area contributed by atoms with Crippen LogP contribution in [0.3, 0.4) is 0 Å². The van der Waals surface area contributed by atoms with E-state index in [0.29, 0.717) is 17.7 Å². The van der Waals surface area contributed by atoms with Gasteiger partial charge in [0.15, 0.2) is 5.78 Å². The van der Waals surface area contributed by atoms with Gasteiger partial charge in [0, 0.05) is 11.8 Å². The first kappa shape index (κ1) is 20.2. The number of carbonyl (C=O) groups excluding carboxylic acids is 3. The molecule has 1 N–H and O–H groups in total. The van der Waals surface area contributed by atoms with Gasteiger partial charge in [-0.05, 0) is 43.5 Å². The number of Topliss-reactive ketones (excluding diaryl/α,β-unsaturated/α-hetero) is 1. The zero-order chi connectivity index (χ0) is 21.1. The molecule has 0 aliphatic carbocycles. The molecule has 0 saturated carbocycles. The number of ketones is 1. The molecule has 30 heavy (non-hydrogen) atoms. The molecule has 3 heterocycles. The predicted molar refractivity (Wildman–Crippen MR) is 112 cm³/mol. The minimum atomic E-state index is -0.490. The number of amides is 3. The molecule has 2 saturated heterocycles. The van der Waals surface area contributed by atoms with Gasteiger partial charge in [-0.3, -0.25) is 19.5 Å². The molecule has 0 spiro atoms. The first-order valence-corrected chi connectivity index (χ1v) is 10.5. The first-order valence-electron chi connectivity index (χ1n) is 10.5. The van der Waals surface area contributed by atoms with Crippen molar-refractivity contribution in [3.8, 4) is 0 Å². The average Bonchev–Trinajstić information content (AvgIpc) is 2.80. The SMILES string of the molecule is CCc1ccc(C(=O)CN2C(=O)N(Cc3ccccn3)C(=O)C3NCCCC32)cc1. The van der Waals surface area contributed by atoms with Gasteiger partial charge in [0.05, 0.1) is 24.8 Å². The molecule has 1 aromatic carbocycles. The Kier molecular flexibility index (Phi) is 5.90. The predicted octanol–water partition coefficient (Wildman–Crippen LogP) is 2.41. The van der Waals surface area contributed by atoms with Crippen molar-refractivity contribution in [3.63, 3.8) is 0 Å². The summed E-state index contributed by atoms with van der Waals surface area (Å²) in [6, 6.07) is 11.7. The molecular weight excluding hydrogens is 380 g/mol. The molecule has 2 fully saturated rings. The lowest BCUT2D eigenvalue weighted by atomic mass is 9.93. The van der Waals surface area contributed by atoms with E-state index in [-0.39, 0.29) is 30.8 Å². The Morgan fingerprint density at radius 2 is 1.97 bits per heavy atom. The zero-order valence-electron chi connectivity index (χ0n) is 17.1. The van der Waals surface area contributed by atoms with Gasteiger partial charge in [-0.2, -0.15) is 0 Å². The summed E-state index contributed by atoms with van der Waals surface area (Å²) in [7, 11) is 0. The van der Waals surface area contributed by atoms with E-state index in [0.717, 1.165) is 24.9 Å².